The first kappa shape index (κ1) is 22.9. The van der Waals surface area contributed by atoms with Gasteiger partial charge in [0.1, 0.15) is 5.75 Å². The maximum Gasteiger partial charge on any atom is 0.276 e. The second-order valence-corrected chi connectivity index (χ2v) is 7.01. The molecular formula is C23H27N3O6. The van der Waals surface area contributed by atoms with Crippen LogP contribution in [-0.2, 0) is 14.4 Å². The number of hydrazine groups is 1. The highest BCUT2D eigenvalue weighted by molar-refractivity contribution is 6.01. The van der Waals surface area contributed by atoms with Gasteiger partial charge in [0.05, 0.1) is 24.8 Å². The number of para-hydroxylation sites is 4. The molecule has 1 fully saturated rings. The zero-order valence-electron chi connectivity index (χ0n) is 18.1. The smallest absolute Gasteiger partial charge is 0.276 e. The molecule has 3 rings (SSSR count). The predicted octanol–water partition coefficient (Wildman–Crippen LogP) is 2.06. The number of ether oxygens (including phenoxy) is 3. The second-order valence-electron chi connectivity index (χ2n) is 7.01. The number of amides is 3. The van der Waals surface area contributed by atoms with Gasteiger partial charge in [-0.15, -0.1) is 0 Å². The van der Waals surface area contributed by atoms with Crippen LogP contribution >= 0.6 is 0 Å². The molecule has 1 unspecified atom stereocenters. The van der Waals surface area contributed by atoms with Gasteiger partial charge in [-0.2, -0.15) is 0 Å². The third-order valence-electron chi connectivity index (χ3n) is 4.78. The van der Waals surface area contributed by atoms with Gasteiger partial charge in [0.2, 0.25) is 11.8 Å². The summed E-state index contributed by atoms with van der Waals surface area (Å²) in [5, 5.41) is 0. The van der Waals surface area contributed by atoms with E-state index in [1.807, 2.05) is 26.0 Å². The molecule has 3 amide bonds. The number of nitrogens with one attached hydrogen (secondary N) is 2. The van der Waals surface area contributed by atoms with Crippen LogP contribution in [0, 0.1) is 5.92 Å². The molecule has 0 aliphatic carbocycles. The molecule has 1 saturated heterocycles. The highest BCUT2D eigenvalue weighted by Crippen LogP contribution is 2.33. The van der Waals surface area contributed by atoms with E-state index in [4.69, 9.17) is 14.2 Å². The Morgan fingerprint density at radius 1 is 0.906 bits per heavy atom. The summed E-state index contributed by atoms with van der Waals surface area (Å²) in [4.78, 5) is 38.6. The number of anilines is 1. The summed E-state index contributed by atoms with van der Waals surface area (Å²) >= 11 is 0. The second kappa shape index (κ2) is 11.0. The van der Waals surface area contributed by atoms with Crippen molar-refractivity contribution in [1.82, 2.24) is 10.9 Å². The van der Waals surface area contributed by atoms with Gasteiger partial charge in [0.15, 0.2) is 18.1 Å². The maximum atomic E-state index is 12.5. The standard InChI is InChI=1S/C23H27N3O6/c1-3-30-18-10-6-5-9-17(18)26-14-16(13-22(26)28)23(29)25-24-21(27)15-32-20-12-8-7-11-19(20)31-4-2/h5-12,16H,3-4,13-15H2,1-2H3,(H,24,27)(H,25,29). The maximum absolute atomic E-state index is 12.5. The van der Waals surface area contributed by atoms with Crippen LogP contribution < -0.4 is 30.0 Å². The zero-order chi connectivity index (χ0) is 22.9. The Kier molecular flexibility index (Phi) is 7.91. The molecule has 0 bridgehead atoms. The lowest BCUT2D eigenvalue weighted by atomic mass is 10.1. The molecule has 1 aliphatic heterocycles. The summed E-state index contributed by atoms with van der Waals surface area (Å²) in [6.45, 7) is 4.54. The normalized spacial score (nSPS) is 15.2. The van der Waals surface area contributed by atoms with Gasteiger partial charge in [0.25, 0.3) is 5.91 Å². The van der Waals surface area contributed by atoms with Gasteiger partial charge in [-0.1, -0.05) is 24.3 Å². The first-order valence-corrected chi connectivity index (χ1v) is 10.5. The van der Waals surface area contributed by atoms with Gasteiger partial charge in [-0.25, -0.2) is 0 Å². The Morgan fingerprint density at radius 3 is 2.19 bits per heavy atom. The topological polar surface area (TPSA) is 106 Å². The summed E-state index contributed by atoms with van der Waals surface area (Å²) in [5.41, 5.74) is 5.32. The molecule has 9 nitrogen and oxygen atoms in total. The van der Waals surface area contributed by atoms with Crippen LogP contribution in [0.5, 0.6) is 17.2 Å². The molecule has 32 heavy (non-hydrogen) atoms. The molecule has 0 spiro atoms. The van der Waals surface area contributed by atoms with Crippen LogP contribution in [0.25, 0.3) is 0 Å². The summed E-state index contributed by atoms with van der Waals surface area (Å²) in [6.07, 6.45) is 0.0421. The predicted molar refractivity (Wildman–Crippen MR) is 117 cm³/mol. The van der Waals surface area contributed by atoms with Crippen molar-refractivity contribution in [2.75, 3.05) is 31.3 Å². The van der Waals surface area contributed by atoms with Crippen LogP contribution in [0.3, 0.4) is 0 Å². The molecule has 1 heterocycles. The lowest BCUT2D eigenvalue weighted by Gasteiger charge is -2.20. The van der Waals surface area contributed by atoms with Gasteiger partial charge in [-0.05, 0) is 38.1 Å². The fraction of sp³-hybridized carbons (Fsp3) is 0.348. The average molecular weight is 441 g/mol. The monoisotopic (exact) mass is 441 g/mol. The number of hydrogen-bond acceptors (Lipinski definition) is 6. The van der Waals surface area contributed by atoms with Gasteiger partial charge < -0.3 is 19.1 Å². The minimum atomic E-state index is -0.600. The van der Waals surface area contributed by atoms with E-state index in [0.717, 1.165) is 0 Å². The van der Waals surface area contributed by atoms with E-state index in [0.29, 0.717) is 36.1 Å². The third kappa shape index (κ3) is 5.69. The summed E-state index contributed by atoms with van der Waals surface area (Å²) < 4.78 is 16.5. The van der Waals surface area contributed by atoms with E-state index >= 15 is 0 Å². The third-order valence-corrected chi connectivity index (χ3v) is 4.78. The van der Waals surface area contributed by atoms with Crippen molar-refractivity contribution in [3.63, 3.8) is 0 Å². The fourth-order valence-corrected chi connectivity index (χ4v) is 3.33. The number of benzene rings is 2. The van der Waals surface area contributed by atoms with Crippen molar-refractivity contribution < 1.29 is 28.6 Å². The molecule has 9 heteroatoms. The summed E-state index contributed by atoms with van der Waals surface area (Å²) in [5.74, 6) is -0.214. The molecule has 1 aliphatic rings. The van der Waals surface area contributed by atoms with E-state index in [9.17, 15) is 14.4 Å². The number of nitrogens with zero attached hydrogens (tertiary/aromatic N) is 1. The molecular weight excluding hydrogens is 414 g/mol. The summed E-state index contributed by atoms with van der Waals surface area (Å²) in [6, 6.07) is 14.2. The largest absolute Gasteiger partial charge is 0.492 e. The van der Waals surface area contributed by atoms with E-state index in [-0.39, 0.29) is 25.5 Å². The van der Waals surface area contributed by atoms with Crippen LogP contribution in [0.1, 0.15) is 20.3 Å². The Balaban J connectivity index is 1.50. The van der Waals surface area contributed by atoms with Crippen molar-refractivity contribution in [2.24, 2.45) is 5.92 Å². The first-order chi connectivity index (χ1) is 15.5. The number of carbonyl (C=O) groups excluding carboxylic acids is 3. The molecule has 2 aromatic carbocycles. The Hall–Kier alpha value is -3.75. The van der Waals surface area contributed by atoms with Gasteiger partial charge in [-0.3, -0.25) is 25.2 Å². The van der Waals surface area contributed by atoms with E-state index in [1.165, 1.54) is 4.90 Å². The molecule has 170 valence electrons. The molecule has 0 saturated carbocycles. The molecule has 0 aromatic heterocycles. The first-order valence-electron chi connectivity index (χ1n) is 10.5. The molecule has 0 radical (unpaired) electrons. The van der Waals surface area contributed by atoms with Crippen molar-refractivity contribution >= 4 is 23.4 Å². The Morgan fingerprint density at radius 2 is 1.50 bits per heavy atom. The van der Waals surface area contributed by atoms with Crippen molar-refractivity contribution in [3.05, 3.63) is 48.5 Å². The molecule has 2 N–H and O–H groups in total. The SMILES string of the molecule is CCOc1ccccc1OCC(=O)NNC(=O)C1CC(=O)N(c2ccccc2OCC)C1. The Labute approximate surface area is 186 Å². The minimum absolute atomic E-state index is 0.0421. The quantitative estimate of drug-likeness (QED) is 0.577. The minimum Gasteiger partial charge on any atom is -0.492 e. The van der Waals surface area contributed by atoms with Crippen LogP contribution in [0.2, 0.25) is 0 Å². The molecule has 2 aromatic rings. The van der Waals surface area contributed by atoms with E-state index in [2.05, 4.69) is 10.9 Å². The van der Waals surface area contributed by atoms with Crippen LogP contribution in [0.15, 0.2) is 48.5 Å². The van der Waals surface area contributed by atoms with E-state index in [1.54, 1.807) is 36.4 Å². The van der Waals surface area contributed by atoms with Crippen LogP contribution in [0.4, 0.5) is 5.69 Å². The van der Waals surface area contributed by atoms with Crippen molar-refractivity contribution in [2.45, 2.75) is 20.3 Å². The zero-order valence-corrected chi connectivity index (χ0v) is 18.1. The molecule has 1 atom stereocenters. The van der Waals surface area contributed by atoms with Crippen molar-refractivity contribution in [1.29, 1.82) is 0 Å². The van der Waals surface area contributed by atoms with Gasteiger partial charge >= 0.3 is 0 Å². The lowest BCUT2D eigenvalue weighted by molar-refractivity contribution is -0.132. The van der Waals surface area contributed by atoms with Gasteiger partial charge in [0, 0.05) is 13.0 Å². The lowest BCUT2D eigenvalue weighted by Crippen LogP contribution is -2.46. The number of hydrogen-bond donors (Lipinski definition) is 2. The highest BCUT2D eigenvalue weighted by atomic mass is 16.5. The van der Waals surface area contributed by atoms with Crippen molar-refractivity contribution in [3.8, 4) is 17.2 Å². The number of carbonyl (C=O) groups is 3. The highest BCUT2D eigenvalue weighted by Gasteiger charge is 2.36. The fourth-order valence-electron chi connectivity index (χ4n) is 3.33. The van der Waals surface area contributed by atoms with E-state index < -0.39 is 17.7 Å². The summed E-state index contributed by atoms with van der Waals surface area (Å²) in [7, 11) is 0. The Bertz CT molecular complexity index is 964. The van der Waals surface area contributed by atoms with Crippen LogP contribution in [-0.4, -0.2) is 44.1 Å². The number of rotatable bonds is 9. The average Bonchev–Trinajstić information content (AvgIpc) is 3.19.